The van der Waals surface area contributed by atoms with Crippen molar-refractivity contribution in [1.82, 2.24) is 19.7 Å². The molecule has 1 amide bonds. The summed E-state index contributed by atoms with van der Waals surface area (Å²) in [5, 5.41) is 6.79. The standard InChI is InChI=1S/C20H34N4O4S/c1-15-5-11-23(12-6-15)10-4-9-21-20(25)18-7-13-24(14-8-18)29(26,27)19-16(2)22-28-17(19)3/h15,18H,4-14H2,1-3H3,(H,21,25). The molecule has 0 radical (unpaired) electrons. The molecule has 0 atom stereocenters. The maximum absolute atomic E-state index is 12.9. The fraction of sp³-hybridized carbons (Fsp3) is 0.800. The maximum Gasteiger partial charge on any atom is 0.248 e. The van der Waals surface area contributed by atoms with Crippen molar-refractivity contribution in [1.29, 1.82) is 0 Å². The van der Waals surface area contributed by atoms with Crippen molar-refractivity contribution in [3.05, 3.63) is 11.5 Å². The molecule has 0 spiro atoms. The van der Waals surface area contributed by atoms with Crippen molar-refractivity contribution in [2.45, 2.75) is 57.8 Å². The minimum atomic E-state index is -3.63. The molecule has 0 bridgehead atoms. The Morgan fingerprint density at radius 2 is 1.79 bits per heavy atom. The van der Waals surface area contributed by atoms with Crippen molar-refractivity contribution in [3.63, 3.8) is 0 Å². The van der Waals surface area contributed by atoms with Gasteiger partial charge in [-0.05, 0) is 71.5 Å². The Labute approximate surface area is 174 Å². The lowest BCUT2D eigenvalue weighted by Gasteiger charge is -2.31. The summed E-state index contributed by atoms with van der Waals surface area (Å²) in [4.78, 5) is 15.1. The predicted octanol–water partition coefficient (Wildman–Crippen LogP) is 1.93. The number of aryl methyl sites for hydroxylation is 2. The Balaban J connectivity index is 1.40. The summed E-state index contributed by atoms with van der Waals surface area (Å²) in [7, 11) is -3.63. The topological polar surface area (TPSA) is 95.8 Å². The van der Waals surface area contributed by atoms with E-state index < -0.39 is 10.0 Å². The first kappa shape index (κ1) is 22.2. The first-order valence-electron chi connectivity index (χ1n) is 10.7. The lowest BCUT2D eigenvalue weighted by Crippen LogP contribution is -2.43. The number of aromatic nitrogens is 1. The minimum Gasteiger partial charge on any atom is -0.360 e. The zero-order valence-electron chi connectivity index (χ0n) is 17.8. The lowest BCUT2D eigenvalue weighted by molar-refractivity contribution is -0.126. The highest BCUT2D eigenvalue weighted by Crippen LogP contribution is 2.27. The summed E-state index contributed by atoms with van der Waals surface area (Å²) >= 11 is 0. The van der Waals surface area contributed by atoms with Gasteiger partial charge in [0.05, 0.1) is 0 Å². The summed E-state index contributed by atoms with van der Waals surface area (Å²) < 4.78 is 32.2. The Bertz CT molecular complexity index is 772. The number of nitrogens with one attached hydrogen (secondary N) is 1. The number of hydrogen-bond acceptors (Lipinski definition) is 6. The van der Waals surface area contributed by atoms with Crippen LogP contribution in [0.25, 0.3) is 0 Å². The highest BCUT2D eigenvalue weighted by atomic mass is 32.2. The van der Waals surface area contributed by atoms with Gasteiger partial charge in [-0.15, -0.1) is 0 Å². The van der Waals surface area contributed by atoms with Gasteiger partial charge in [0.2, 0.25) is 15.9 Å². The molecule has 2 saturated heterocycles. The summed E-state index contributed by atoms with van der Waals surface area (Å²) in [6.45, 7) is 10.3. The Kier molecular flexibility index (Phi) is 7.34. The molecule has 1 aromatic heterocycles. The van der Waals surface area contributed by atoms with Crippen LogP contribution in [0.4, 0.5) is 0 Å². The van der Waals surface area contributed by atoms with Crippen LogP contribution in [0.15, 0.2) is 9.42 Å². The van der Waals surface area contributed by atoms with Gasteiger partial charge < -0.3 is 14.7 Å². The molecule has 3 rings (SSSR count). The monoisotopic (exact) mass is 426 g/mol. The van der Waals surface area contributed by atoms with E-state index in [1.807, 2.05) is 0 Å². The smallest absolute Gasteiger partial charge is 0.248 e. The van der Waals surface area contributed by atoms with Crippen LogP contribution in [0, 0.1) is 25.7 Å². The van der Waals surface area contributed by atoms with Gasteiger partial charge in [0, 0.05) is 25.6 Å². The van der Waals surface area contributed by atoms with Crippen LogP contribution in [0.3, 0.4) is 0 Å². The van der Waals surface area contributed by atoms with Crippen molar-refractivity contribution in [2.24, 2.45) is 11.8 Å². The molecule has 8 nitrogen and oxygen atoms in total. The fourth-order valence-electron chi connectivity index (χ4n) is 4.27. The molecular formula is C20H34N4O4S. The third-order valence-corrected chi connectivity index (χ3v) is 8.36. The van der Waals surface area contributed by atoms with Gasteiger partial charge in [-0.25, -0.2) is 8.42 Å². The summed E-state index contributed by atoms with van der Waals surface area (Å²) in [5.41, 5.74) is 0.380. The average Bonchev–Trinajstić information content (AvgIpc) is 3.05. The Morgan fingerprint density at radius 3 is 2.38 bits per heavy atom. The summed E-state index contributed by atoms with van der Waals surface area (Å²) in [6, 6.07) is 0. The molecule has 3 heterocycles. The lowest BCUT2D eigenvalue weighted by atomic mass is 9.97. The van der Waals surface area contributed by atoms with Crippen molar-refractivity contribution < 1.29 is 17.7 Å². The van der Waals surface area contributed by atoms with E-state index in [0.717, 1.165) is 32.0 Å². The fourth-order valence-corrected chi connectivity index (χ4v) is 6.04. The molecule has 0 aliphatic carbocycles. The third-order valence-electron chi connectivity index (χ3n) is 6.22. The van der Waals surface area contributed by atoms with Gasteiger partial charge in [0.15, 0.2) is 5.76 Å². The zero-order chi connectivity index (χ0) is 21.0. The quantitative estimate of drug-likeness (QED) is 0.670. The molecular weight excluding hydrogens is 392 g/mol. The molecule has 0 saturated carbocycles. The first-order chi connectivity index (χ1) is 13.8. The van der Waals surface area contributed by atoms with Crippen molar-refractivity contribution in [2.75, 3.05) is 39.3 Å². The van der Waals surface area contributed by atoms with Gasteiger partial charge in [-0.3, -0.25) is 4.79 Å². The highest BCUT2D eigenvalue weighted by molar-refractivity contribution is 7.89. The normalized spacial score (nSPS) is 20.8. The van der Waals surface area contributed by atoms with Crippen LogP contribution >= 0.6 is 0 Å². The molecule has 2 aliphatic rings. The van der Waals surface area contributed by atoms with Crippen molar-refractivity contribution in [3.8, 4) is 0 Å². The van der Waals surface area contributed by atoms with Gasteiger partial charge >= 0.3 is 0 Å². The number of piperidine rings is 2. The van der Waals surface area contributed by atoms with Crippen LogP contribution < -0.4 is 5.32 Å². The van der Waals surface area contributed by atoms with Gasteiger partial charge in [-0.1, -0.05) is 12.1 Å². The number of amides is 1. The molecule has 1 aromatic rings. The number of nitrogens with zero attached hydrogens (tertiary/aromatic N) is 3. The molecule has 0 unspecified atom stereocenters. The first-order valence-corrected chi connectivity index (χ1v) is 12.2. The highest BCUT2D eigenvalue weighted by Gasteiger charge is 2.35. The van der Waals surface area contributed by atoms with Crippen LogP contribution in [-0.4, -0.2) is 68.0 Å². The number of likely N-dealkylation sites (tertiary alicyclic amines) is 1. The predicted molar refractivity (Wildman–Crippen MR) is 110 cm³/mol. The van der Waals surface area contributed by atoms with Crippen LogP contribution in [0.5, 0.6) is 0 Å². The molecule has 9 heteroatoms. The largest absolute Gasteiger partial charge is 0.360 e. The number of hydrogen-bond donors (Lipinski definition) is 1. The van der Waals surface area contributed by atoms with E-state index in [9.17, 15) is 13.2 Å². The van der Waals surface area contributed by atoms with Crippen LogP contribution in [0.1, 0.15) is 50.5 Å². The second-order valence-electron chi connectivity index (χ2n) is 8.50. The average molecular weight is 427 g/mol. The van der Waals surface area contributed by atoms with Crippen LogP contribution in [0.2, 0.25) is 0 Å². The second kappa shape index (κ2) is 9.57. The third kappa shape index (κ3) is 5.38. The van der Waals surface area contributed by atoms with E-state index >= 15 is 0 Å². The number of carbonyl (C=O) groups is 1. The Hall–Kier alpha value is -1.45. The van der Waals surface area contributed by atoms with E-state index in [4.69, 9.17) is 4.52 Å². The van der Waals surface area contributed by atoms with Crippen LogP contribution in [-0.2, 0) is 14.8 Å². The molecule has 1 N–H and O–H groups in total. The zero-order valence-corrected chi connectivity index (χ0v) is 18.6. The second-order valence-corrected chi connectivity index (χ2v) is 10.4. The summed E-state index contributed by atoms with van der Waals surface area (Å²) in [6.07, 6.45) is 4.57. The van der Waals surface area contributed by atoms with Crippen molar-refractivity contribution >= 4 is 15.9 Å². The van der Waals surface area contributed by atoms with Gasteiger partial charge in [0.1, 0.15) is 10.6 Å². The van der Waals surface area contributed by atoms with E-state index in [-0.39, 0.29) is 16.7 Å². The SMILES string of the molecule is Cc1noc(C)c1S(=O)(=O)N1CCC(C(=O)NCCCN2CCC(C)CC2)CC1. The van der Waals surface area contributed by atoms with E-state index in [1.54, 1.807) is 13.8 Å². The number of sulfonamides is 1. The minimum absolute atomic E-state index is 0.0478. The molecule has 2 fully saturated rings. The Morgan fingerprint density at radius 1 is 1.14 bits per heavy atom. The van der Waals surface area contributed by atoms with E-state index in [1.165, 1.54) is 17.1 Å². The number of carbonyl (C=O) groups excluding carboxylic acids is 1. The van der Waals surface area contributed by atoms with Gasteiger partial charge in [0.25, 0.3) is 0 Å². The van der Waals surface area contributed by atoms with E-state index in [0.29, 0.717) is 43.9 Å². The summed E-state index contributed by atoms with van der Waals surface area (Å²) in [5.74, 6) is 1.07. The number of rotatable bonds is 7. The molecule has 0 aromatic carbocycles. The molecule has 164 valence electrons. The van der Waals surface area contributed by atoms with Gasteiger partial charge in [-0.2, -0.15) is 4.31 Å². The molecule has 2 aliphatic heterocycles. The molecule has 29 heavy (non-hydrogen) atoms. The van der Waals surface area contributed by atoms with E-state index in [2.05, 4.69) is 22.3 Å². The maximum atomic E-state index is 12.9.